The van der Waals surface area contributed by atoms with E-state index in [9.17, 15) is 0 Å². The maximum Gasteiger partial charge on any atom is 0.323 e. The van der Waals surface area contributed by atoms with Crippen LogP contribution in [-0.2, 0) is 0 Å². The molecule has 0 atom stereocenters. The molecule has 0 amide bonds. The average molecular weight is 293 g/mol. The summed E-state index contributed by atoms with van der Waals surface area (Å²) in [6.45, 7) is 8.46. The first-order chi connectivity index (χ1) is 10.2. The minimum absolute atomic E-state index is 0.378. The number of aromatic nitrogens is 3. The Morgan fingerprint density at radius 3 is 2.24 bits per heavy atom. The van der Waals surface area contributed by atoms with Crippen LogP contribution >= 0.6 is 0 Å². The van der Waals surface area contributed by atoms with Gasteiger partial charge in [-0.25, -0.2) is 0 Å². The van der Waals surface area contributed by atoms with Gasteiger partial charge >= 0.3 is 6.01 Å². The van der Waals surface area contributed by atoms with Crippen molar-refractivity contribution in [1.29, 1.82) is 0 Å². The van der Waals surface area contributed by atoms with Crippen LogP contribution in [0.1, 0.15) is 52.9 Å². The Hall–Kier alpha value is -1.59. The van der Waals surface area contributed by atoms with Crippen LogP contribution in [0.2, 0.25) is 0 Å². The molecule has 0 unspecified atom stereocenters. The average Bonchev–Trinajstić information content (AvgIpc) is 2.95. The van der Waals surface area contributed by atoms with E-state index < -0.39 is 0 Å². The van der Waals surface area contributed by atoms with Crippen molar-refractivity contribution >= 4 is 11.9 Å². The lowest BCUT2D eigenvalue weighted by atomic mass is 9.83. The van der Waals surface area contributed by atoms with Gasteiger partial charge in [0.2, 0.25) is 11.9 Å². The molecule has 0 spiro atoms. The Bertz CT molecular complexity index is 421. The van der Waals surface area contributed by atoms with Crippen molar-refractivity contribution < 1.29 is 4.74 Å². The summed E-state index contributed by atoms with van der Waals surface area (Å²) in [4.78, 5) is 13.0. The second-order valence-electron chi connectivity index (χ2n) is 5.64. The van der Waals surface area contributed by atoms with Gasteiger partial charge in [0.25, 0.3) is 0 Å². The second-order valence-corrected chi connectivity index (χ2v) is 5.64. The summed E-state index contributed by atoms with van der Waals surface area (Å²) in [5.41, 5.74) is 0.400. The Labute approximate surface area is 127 Å². The van der Waals surface area contributed by atoms with Gasteiger partial charge in [0, 0.05) is 13.1 Å². The van der Waals surface area contributed by atoms with Crippen molar-refractivity contribution in [2.24, 2.45) is 5.41 Å². The van der Waals surface area contributed by atoms with E-state index >= 15 is 0 Å². The molecule has 0 bridgehead atoms. The molecule has 1 heterocycles. The smallest absolute Gasteiger partial charge is 0.323 e. The maximum absolute atomic E-state index is 5.41. The number of hydrogen-bond donors (Lipinski definition) is 2. The van der Waals surface area contributed by atoms with E-state index in [1.807, 2.05) is 13.8 Å². The van der Waals surface area contributed by atoms with Gasteiger partial charge in [-0.05, 0) is 38.5 Å². The zero-order valence-corrected chi connectivity index (χ0v) is 13.4. The molecule has 6 heteroatoms. The van der Waals surface area contributed by atoms with E-state index in [-0.39, 0.29) is 0 Å². The van der Waals surface area contributed by atoms with Crippen molar-refractivity contribution in [1.82, 2.24) is 15.0 Å². The Balaban J connectivity index is 2.07. The molecule has 1 aromatic heterocycles. The fraction of sp³-hybridized carbons (Fsp3) is 0.800. The summed E-state index contributed by atoms with van der Waals surface area (Å²) in [6.07, 6.45) is 6.45. The van der Waals surface area contributed by atoms with Crippen LogP contribution in [0.25, 0.3) is 0 Å². The van der Waals surface area contributed by atoms with E-state index in [4.69, 9.17) is 4.74 Å². The van der Waals surface area contributed by atoms with E-state index in [1.54, 1.807) is 0 Å². The third kappa shape index (κ3) is 4.19. The number of nitrogens with zero attached hydrogens (tertiary/aromatic N) is 3. The SMILES string of the molecule is CCNc1nc(NCC2(CC)CCCC2)nc(OCC)n1. The first-order valence-corrected chi connectivity index (χ1v) is 8.08. The predicted octanol–water partition coefficient (Wildman–Crippen LogP) is 3.08. The van der Waals surface area contributed by atoms with Gasteiger partial charge in [0.15, 0.2) is 0 Å². The molecule has 1 aliphatic carbocycles. The zero-order chi connectivity index (χ0) is 15.1. The molecule has 0 radical (unpaired) electrons. The monoisotopic (exact) mass is 293 g/mol. The molecule has 0 aromatic carbocycles. The number of nitrogens with one attached hydrogen (secondary N) is 2. The first kappa shape index (κ1) is 15.8. The molecule has 1 aromatic rings. The number of rotatable bonds is 8. The largest absolute Gasteiger partial charge is 0.464 e. The number of anilines is 2. The molecule has 21 heavy (non-hydrogen) atoms. The highest BCUT2D eigenvalue weighted by atomic mass is 16.5. The Morgan fingerprint density at radius 2 is 1.67 bits per heavy atom. The van der Waals surface area contributed by atoms with Crippen LogP contribution in [0, 0.1) is 5.41 Å². The minimum Gasteiger partial charge on any atom is -0.464 e. The zero-order valence-electron chi connectivity index (χ0n) is 13.4. The number of ether oxygens (including phenoxy) is 1. The normalized spacial score (nSPS) is 16.7. The third-order valence-electron chi connectivity index (χ3n) is 4.26. The van der Waals surface area contributed by atoms with Crippen molar-refractivity contribution in [2.45, 2.75) is 52.9 Å². The molecular formula is C15H27N5O. The second kappa shape index (κ2) is 7.43. The molecule has 0 saturated heterocycles. The molecule has 1 aliphatic rings. The highest BCUT2D eigenvalue weighted by molar-refractivity contribution is 5.36. The van der Waals surface area contributed by atoms with Crippen LogP contribution in [0.3, 0.4) is 0 Å². The van der Waals surface area contributed by atoms with Gasteiger partial charge in [-0.3, -0.25) is 0 Å². The summed E-state index contributed by atoms with van der Waals surface area (Å²) in [5, 5.41) is 6.51. The van der Waals surface area contributed by atoms with E-state index in [1.165, 1.54) is 32.1 Å². The number of hydrogen-bond acceptors (Lipinski definition) is 6. The van der Waals surface area contributed by atoms with Crippen molar-refractivity contribution in [3.05, 3.63) is 0 Å². The molecular weight excluding hydrogens is 266 g/mol. The van der Waals surface area contributed by atoms with Gasteiger partial charge in [0.05, 0.1) is 6.61 Å². The summed E-state index contributed by atoms with van der Waals surface area (Å²) in [7, 11) is 0. The standard InChI is InChI=1S/C15H27N5O/c1-4-15(9-7-8-10-15)11-17-13-18-12(16-5-2)19-14(20-13)21-6-3/h4-11H2,1-3H3,(H2,16,17,18,19,20). The topological polar surface area (TPSA) is 72.0 Å². The summed E-state index contributed by atoms with van der Waals surface area (Å²) >= 11 is 0. The highest BCUT2D eigenvalue weighted by Gasteiger charge is 2.31. The molecule has 118 valence electrons. The lowest BCUT2D eigenvalue weighted by Gasteiger charge is -2.27. The van der Waals surface area contributed by atoms with E-state index in [0.29, 0.717) is 29.9 Å². The highest BCUT2D eigenvalue weighted by Crippen LogP contribution is 2.40. The van der Waals surface area contributed by atoms with Crippen LogP contribution in [0.4, 0.5) is 11.9 Å². The fourth-order valence-corrected chi connectivity index (χ4v) is 2.91. The molecule has 2 N–H and O–H groups in total. The van der Waals surface area contributed by atoms with Gasteiger partial charge < -0.3 is 15.4 Å². The molecule has 0 aliphatic heterocycles. The molecule has 1 saturated carbocycles. The quantitative estimate of drug-likeness (QED) is 0.767. The van der Waals surface area contributed by atoms with Gasteiger partial charge in [-0.15, -0.1) is 0 Å². The van der Waals surface area contributed by atoms with Crippen molar-refractivity contribution in [2.75, 3.05) is 30.3 Å². The van der Waals surface area contributed by atoms with Crippen LogP contribution in [0.5, 0.6) is 6.01 Å². The van der Waals surface area contributed by atoms with Crippen LogP contribution in [0.15, 0.2) is 0 Å². The van der Waals surface area contributed by atoms with Crippen LogP contribution in [-0.4, -0.2) is 34.6 Å². The van der Waals surface area contributed by atoms with Crippen molar-refractivity contribution in [3.8, 4) is 6.01 Å². The summed E-state index contributed by atoms with van der Waals surface area (Å²) < 4.78 is 5.41. The summed E-state index contributed by atoms with van der Waals surface area (Å²) in [6, 6.07) is 0.378. The van der Waals surface area contributed by atoms with E-state index in [0.717, 1.165) is 13.1 Å². The lowest BCUT2D eigenvalue weighted by Crippen LogP contribution is -2.27. The first-order valence-electron chi connectivity index (χ1n) is 8.08. The van der Waals surface area contributed by atoms with Crippen LogP contribution < -0.4 is 15.4 Å². The minimum atomic E-state index is 0.378. The van der Waals surface area contributed by atoms with Gasteiger partial charge in [-0.1, -0.05) is 19.8 Å². The van der Waals surface area contributed by atoms with E-state index in [2.05, 4.69) is 32.5 Å². The molecule has 6 nitrogen and oxygen atoms in total. The maximum atomic E-state index is 5.41. The summed E-state index contributed by atoms with van der Waals surface area (Å²) in [5.74, 6) is 1.17. The molecule has 2 rings (SSSR count). The van der Waals surface area contributed by atoms with Gasteiger partial charge in [-0.2, -0.15) is 15.0 Å². The molecule has 1 fully saturated rings. The third-order valence-corrected chi connectivity index (χ3v) is 4.26. The van der Waals surface area contributed by atoms with Gasteiger partial charge in [0.1, 0.15) is 0 Å². The Kier molecular flexibility index (Phi) is 5.59. The fourth-order valence-electron chi connectivity index (χ4n) is 2.91. The lowest BCUT2D eigenvalue weighted by molar-refractivity contribution is 0.303. The predicted molar refractivity (Wildman–Crippen MR) is 84.8 cm³/mol. The Morgan fingerprint density at radius 1 is 1.00 bits per heavy atom. The van der Waals surface area contributed by atoms with Crippen molar-refractivity contribution in [3.63, 3.8) is 0 Å².